The van der Waals surface area contributed by atoms with Gasteiger partial charge in [0.25, 0.3) is 5.91 Å². The maximum Gasteiger partial charge on any atom is 0.573 e. The minimum atomic E-state index is -4.81. The van der Waals surface area contributed by atoms with Gasteiger partial charge >= 0.3 is 6.36 Å². The zero-order valence-corrected chi connectivity index (χ0v) is 15.3. The second kappa shape index (κ2) is 6.93. The van der Waals surface area contributed by atoms with E-state index in [1.165, 1.54) is 12.1 Å². The van der Waals surface area contributed by atoms with Crippen molar-refractivity contribution in [1.82, 2.24) is 0 Å². The molecule has 2 aliphatic rings. The van der Waals surface area contributed by atoms with Crippen LogP contribution in [0.25, 0.3) is 0 Å². The number of anilines is 1. The van der Waals surface area contributed by atoms with Gasteiger partial charge < -0.3 is 9.64 Å². The Bertz CT molecular complexity index is 843. The van der Waals surface area contributed by atoms with Crippen LogP contribution in [0.15, 0.2) is 29.3 Å². The Kier molecular flexibility index (Phi) is 5.15. The Morgan fingerprint density at radius 1 is 1.31 bits per heavy atom. The maximum atomic E-state index is 12.3. The fourth-order valence-electron chi connectivity index (χ4n) is 2.81. The van der Waals surface area contributed by atoms with Crippen molar-refractivity contribution in [1.29, 1.82) is 0 Å². The number of hydrogen-bond donors (Lipinski definition) is 0. The van der Waals surface area contributed by atoms with Crippen LogP contribution in [0.1, 0.15) is 0 Å². The lowest BCUT2D eigenvalue weighted by molar-refractivity contribution is -0.274. The third-order valence-corrected chi connectivity index (χ3v) is 7.19. The standard InChI is InChI=1S/C14H12ClF3N2O4S2/c15-5-12(21)19-13-20(10-6-26(22,23)7-11(10)25-13)8-1-3-9(4-2-8)24-14(16,17)18/h1-4,10-11H,5-7H2/t10-,11-/m0/s1. The van der Waals surface area contributed by atoms with Crippen LogP contribution in [0.3, 0.4) is 0 Å². The molecule has 2 atom stereocenters. The van der Waals surface area contributed by atoms with E-state index in [4.69, 9.17) is 11.6 Å². The molecule has 0 unspecified atom stereocenters. The quantitative estimate of drug-likeness (QED) is 0.688. The Morgan fingerprint density at radius 3 is 2.54 bits per heavy atom. The molecule has 2 fully saturated rings. The van der Waals surface area contributed by atoms with Crippen LogP contribution in [0.2, 0.25) is 0 Å². The molecule has 3 rings (SSSR count). The summed E-state index contributed by atoms with van der Waals surface area (Å²) >= 11 is 6.62. The highest BCUT2D eigenvalue weighted by molar-refractivity contribution is 8.16. The fourth-order valence-corrected chi connectivity index (χ4v) is 6.80. The molecule has 0 radical (unpaired) electrons. The van der Waals surface area contributed by atoms with Crippen LogP contribution in [-0.4, -0.2) is 54.5 Å². The van der Waals surface area contributed by atoms with E-state index in [0.717, 1.165) is 23.9 Å². The number of rotatable bonds is 3. The Balaban J connectivity index is 1.92. The van der Waals surface area contributed by atoms with Crippen LogP contribution in [0.5, 0.6) is 5.75 Å². The van der Waals surface area contributed by atoms with E-state index in [1.54, 1.807) is 4.90 Å². The first-order chi connectivity index (χ1) is 12.1. The van der Waals surface area contributed by atoms with E-state index >= 15 is 0 Å². The molecule has 26 heavy (non-hydrogen) atoms. The lowest BCUT2D eigenvalue weighted by Crippen LogP contribution is -2.37. The predicted octanol–water partition coefficient (Wildman–Crippen LogP) is 2.43. The third-order valence-electron chi connectivity index (χ3n) is 3.75. The molecule has 2 saturated heterocycles. The summed E-state index contributed by atoms with van der Waals surface area (Å²) in [5.41, 5.74) is 0.415. The van der Waals surface area contributed by atoms with Crippen molar-refractivity contribution in [3.63, 3.8) is 0 Å². The maximum absolute atomic E-state index is 12.3. The lowest BCUT2D eigenvalue weighted by Gasteiger charge is -2.24. The van der Waals surface area contributed by atoms with Gasteiger partial charge in [-0.1, -0.05) is 11.8 Å². The Hall–Kier alpha value is -1.46. The number of benzene rings is 1. The molecule has 6 nitrogen and oxygen atoms in total. The number of amidine groups is 1. The molecule has 2 heterocycles. The van der Waals surface area contributed by atoms with Gasteiger partial charge in [0.15, 0.2) is 15.0 Å². The van der Waals surface area contributed by atoms with Crippen LogP contribution < -0.4 is 9.64 Å². The molecule has 12 heteroatoms. The van der Waals surface area contributed by atoms with Gasteiger partial charge in [0.2, 0.25) is 0 Å². The second-order valence-electron chi connectivity index (χ2n) is 5.63. The molecule has 1 aromatic carbocycles. The largest absolute Gasteiger partial charge is 0.573 e. The van der Waals surface area contributed by atoms with Gasteiger partial charge in [-0.15, -0.1) is 24.8 Å². The van der Waals surface area contributed by atoms with Crippen molar-refractivity contribution in [2.45, 2.75) is 17.7 Å². The summed E-state index contributed by atoms with van der Waals surface area (Å²) in [4.78, 5) is 17.0. The predicted molar refractivity (Wildman–Crippen MR) is 92.6 cm³/mol. The highest BCUT2D eigenvalue weighted by Gasteiger charge is 2.49. The van der Waals surface area contributed by atoms with E-state index in [2.05, 4.69) is 9.73 Å². The Labute approximate surface area is 156 Å². The van der Waals surface area contributed by atoms with Gasteiger partial charge in [-0.25, -0.2) is 8.42 Å². The number of amides is 1. The zero-order chi connectivity index (χ0) is 19.1. The van der Waals surface area contributed by atoms with E-state index in [0.29, 0.717) is 5.69 Å². The molecular weight excluding hydrogens is 417 g/mol. The van der Waals surface area contributed by atoms with E-state index in [-0.39, 0.29) is 27.8 Å². The second-order valence-corrected chi connectivity index (χ2v) is 9.26. The molecule has 142 valence electrons. The van der Waals surface area contributed by atoms with Gasteiger partial charge in [0.1, 0.15) is 11.6 Å². The molecule has 2 aliphatic heterocycles. The van der Waals surface area contributed by atoms with Crippen molar-refractivity contribution in [2.75, 3.05) is 22.3 Å². The van der Waals surface area contributed by atoms with Gasteiger partial charge in [-0.05, 0) is 24.3 Å². The van der Waals surface area contributed by atoms with E-state index < -0.39 is 33.9 Å². The van der Waals surface area contributed by atoms with Crippen molar-refractivity contribution < 1.29 is 31.1 Å². The third kappa shape index (κ3) is 4.26. The lowest BCUT2D eigenvalue weighted by atomic mass is 10.2. The first kappa shape index (κ1) is 19.3. The summed E-state index contributed by atoms with van der Waals surface area (Å²) in [5, 5.41) is -0.0296. The van der Waals surface area contributed by atoms with Crippen molar-refractivity contribution in [3.05, 3.63) is 24.3 Å². The molecule has 0 bridgehead atoms. The smallest absolute Gasteiger partial charge is 0.406 e. The summed E-state index contributed by atoms with van der Waals surface area (Å²) in [6, 6.07) is 4.49. The Morgan fingerprint density at radius 2 is 1.96 bits per heavy atom. The topological polar surface area (TPSA) is 76.0 Å². The number of carbonyl (C=O) groups excluding carboxylic acids is 1. The highest BCUT2D eigenvalue weighted by Crippen LogP contribution is 2.41. The van der Waals surface area contributed by atoms with Crippen LogP contribution >= 0.6 is 23.4 Å². The molecule has 0 saturated carbocycles. The number of fused-ring (bicyclic) bond motifs is 1. The van der Waals surface area contributed by atoms with Gasteiger partial charge in [0.05, 0.1) is 17.5 Å². The monoisotopic (exact) mass is 428 g/mol. The van der Waals surface area contributed by atoms with Crippen LogP contribution in [0.4, 0.5) is 18.9 Å². The van der Waals surface area contributed by atoms with Crippen LogP contribution in [-0.2, 0) is 14.6 Å². The molecule has 1 aromatic rings. The minimum absolute atomic E-state index is 0.0534. The van der Waals surface area contributed by atoms with Crippen molar-refractivity contribution in [2.24, 2.45) is 4.99 Å². The normalized spacial score (nSPS) is 26.2. The van der Waals surface area contributed by atoms with E-state index in [9.17, 15) is 26.4 Å². The van der Waals surface area contributed by atoms with Gasteiger partial charge in [-0.3, -0.25) is 4.79 Å². The molecule has 1 amide bonds. The molecular formula is C14H12ClF3N2O4S2. The summed E-state index contributed by atoms with van der Waals surface area (Å²) in [6.07, 6.45) is -4.81. The fraction of sp³-hybridized carbons (Fsp3) is 0.429. The van der Waals surface area contributed by atoms with Crippen LogP contribution in [0, 0.1) is 0 Å². The van der Waals surface area contributed by atoms with Gasteiger partial charge in [0, 0.05) is 10.9 Å². The summed E-state index contributed by atoms with van der Waals surface area (Å²) in [6.45, 7) is 0. The van der Waals surface area contributed by atoms with Gasteiger partial charge in [-0.2, -0.15) is 4.99 Å². The average molecular weight is 429 g/mol. The first-order valence-electron chi connectivity index (χ1n) is 7.27. The highest BCUT2D eigenvalue weighted by atomic mass is 35.5. The average Bonchev–Trinajstić information content (AvgIpc) is 2.97. The molecule has 0 aromatic heterocycles. The number of aliphatic imine (C=N–C) groups is 1. The number of sulfone groups is 1. The number of carbonyl (C=O) groups is 1. The molecule has 0 aliphatic carbocycles. The number of hydrogen-bond acceptors (Lipinski definition) is 5. The minimum Gasteiger partial charge on any atom is -0.406 e. The number of nitrogens with zero attached hydrogens (tertiary/aromatic N) is 2. The number of ether oxygens (including phenoxy) is 1. The number of alkyl halides is 4. The summed E-state index contributed by atoms with van der Waals surface area (Å²) in [5.74, 6) is -1.50. The summed E-state index contributed by atoms with van der Waals surface area (Å²) in [7, 11) is -3.24. The SMILES string of the molecule is O=C(CCl)N=C1S[C@H]2CS(=O)(=O)C[C@@H]2N1c1ccc(OC(F)(F)F)cc1. The van der Waals surface area contributed by atoms with E-state index in [1.807, 2.05) is 0 Å². The zero-order valence-electron chi connectivity index (χ0n) is 12.9. The van der Waals surface area contributed by atoms with Crippen molar-refractivity contribution >= 4 is 50.0 Å². The molecule has 0 spiro atoms. The number of halogens is 4. The number of thioether (sulfide) groups is 1. The first-order valence-corrected chi connectivity index (χ1v) is 10.5. The summed E-state index contributed by atoms with van der Waals surface area (Å²) < 4.78 is 64.5. The molecule has 0 N–H and O–H groups in total. The van der Waals surface area contributed by atoms with Crippen molar-refractivity contribution in [3.8, 4) is 5.75 Å².